The van der Waals surface area contributed by atoms with Crippen LogP contribution >= 0.6 is 11.6 Å². The Balaban J connectivity index is 1.37. The normalized spacial score (nSPS) is 26.6. The summed E-state index contributed by atoms with van der Waals surface area (Å²) in [7, 11) is 3.81. The second-order valence-corrected chi connectivity index (χ2v) is 10.1. The highest BCUT2D eigenvalue weighted by molar-refractivity contribution is 6.29. The van der Waals surface area contributed by atoms with Gasteiger partial charge in [-0.3, -0.25) is 14.7 Å². The summed E-state index contributed by atoms with van der Waals surface area (Å²) in [6.45, 7) is 0.345. The SMILES string of the molecule is CN(C)CC(=O)C1C2=C(C=C(Cl)CC2)NC=C2N1C=NN2[C@H]1CC[C@H](c2ncccc2F)CC1. The van der Waals surface area contributed by atoms with Gasteiger partial charge in [-0.05, 0) is 76.4 Å². The quantitative estimate of drug-likeness (QED) is 0.684. The van der Waals surface area contributed by atoms with Gasteiger partial charge in [0.2, 0.25) is 0 Å². The number of rotatable bonds is 5. The van der Waals surface area contributed by atoms with Crippen LogP contribution < -0.4 is 5.32 Å². The molecule has 0 bridgehead atoms. The molecule has 9 heteroatoms. The number of halogens is 2. The van der Waals surface area contributed by atoms with Crippen molar-refractivity contribution in [3.05, 3.63) is 64.2 Å². The number of hydrogen-bond acceptors (Lipinski definition) is 7. The molecule has 1 aromatic heterocycles. The van der Waals surface area contributed by atoms with E-state index in [4.69, 9.17) is 16.7 Å². The van der Waals surface area contributed by atoms with Gasteiger partial charge in [-0.15, -0.1) is 0 Å². The zero-order chi connectivity index (χ0) is 23.8. The van der Waals surface area contributed by atoms with Gasteiger partial charge in [0.05, 0.1) is 18.3 Å². The highest BCUT2D eigenvalue weighted by atomic mass is 35.5. The third kappa shape index (κ3) is 4.36. The van der Waals surface area contributed by atoms with Crippen molar-refractivity contribution in [2.75, 3.05) is 20.6 Å². The lowest BCUT2D eigenvalue weighted by Gasteiger charge is -2.36. The van der Waals surface area contributed by atoms with E-state index >= 15 is 0 Å². The Bertz CT molecular complexity index is 1090. The Labute approximate surface area is 204 Å². The third-order valence-corrected chi connectivity index (χ3v) is 7.34. The van der Waals surface area contributed by atoms with Crippen molar-refractivity contribution in [2.45, 2.75) is 56.5 Å². The van der Waals surface area contributed by atoms with E-state index in [0.717, 1.165) is 60.6 Å². The maximum Gasteiger partial charge on any atom is 0.173 e. The lowest BCUT2D eigenvalue weighted by Crippen LogP contribution is -2.45. The smallest absolute Gasteiger partial charge is 0.173 e. The second kappa shape index (κ2) is 9.50. The largest absolute Gasteiger partial charge is 0.358 e. The van der Waals surface area contributed by atoms with Crippen molar-refractivity contribution in [3.8, 4) is 0 Å². The van der Waals surface area contributed by atoms with Gasteiger partial charge in [0.25, 0.3) is 0 Å². The standard InChI is InChI=1S/C25H30ClFN6O/c1-31(2)14-22(34)25-19-10-7-17(26)12-21(19)29-13-23-32(25)15-30-33(23)18-8-5-16(6-9-18)24-20(27)4-3-11-28-24/h3-4,11-13,15-16,18,25,29H,5-10,14H2,1-2H3/t16-,18-,25?. The Morgan fingerprint density at radius 1 is 1.26 bits per heavy atom. The number of nitrogens with one attached hydrogen (secondary N) is 1. The van der Waals surface area contributed by atoms with Gasteiger partial charge in [-0.2, -0.15) is 5.10 Å². The number of hydrazone groups is 1. The van der Waals surface area contributed by atoms with E-state index in [1.165, 1.54) is 6.07 Å². The van der Waals surface area contributed by atoms with Crippen LogP contribution in [0.5, 0.6) is 0 Å². The molecule has 2 aliphatic carbocycles. The number of nitrogens with zero attached hydrogens (tertiary/aromatic N) is 5. The van der Waals surface area contributed by atoms with E-state index in [2.05, 4.69) is 10.3 Å². The van der Waals surface area contributed by atoms with E-state index in [1.54, 1.807) is 18.6 Å². The number of carbonyl (C=O) groups excluding carboxylic acids is 1. The molecule has 0 amide bonds. The predicted octanol–water partition coefficient (Wildman–Crippen LogP) is 3.88. The molecule has 1 saturated carbocycles. The van der Waals surface area contributed by atoms with Gasteiger partial charge in [-0.1, -0.05) is 11.6 Å². The molecule has 1 aromatic rings. The van der Waals surface area contributed by atoms with Crippen LogP contribution in [0.15, 0.2) is 57.8 Å². The number of allylic oxidation sites excluding steroid dienone is 2. The number of likely N-dealkylation sites (N-methyl/N-ethyl adjacent to an activating group) is 1. The van der Waals surface area contributed by atoms with Gasteiger partial charge in [-0.25, -0.2) is 9.40 Å². The van der Waals surface area contributed by atoms with Crippen molar-refractivity contribution in [1.82, 2.24) is 25.1 Å². The number of carbonyl (C=O) groups is 1. The van der Waals surface area contributed by atoms with E-state index in [9.17, 15) is 9.18 Å². The van der Waals surface area contributed by atoms with Gasteiger partial charge in [0, 0.05) is 29.0 Å². The van der Waals surface area contributed by atoms with Crippen LogP contribution in [0.4, 0.5) is 4.39 Å². The van der Waals surface area contributed by atoms with Crippen LogP contribution in [0.25, 0.3) is 0 Å². The average Bonchev–Trinajstić information content (AvgIpc) is 3.15. The maximum absolute atomic E-state index is 14.2. The number of fused-ring (bicyclic) bond motifs is 1. The minimum absolute atomic E-state index is 0.122. The Hall–Kier alpha value is -2.71. The molecule has 1 unspecified atom stereocenters. The monoisotopic (exact) mass is 484 g/mol. The summed E-state index contributed by atoms with van der Waals surface area (Å²) in [5.41, 5.74) is 2.51. The predicted molar refractivity (Wildman–Crippen MR) is 130 cm³/mol. The number of pyridine rings is 1. The molecule has 1 N–H and O–H groups in total. The lowest BCUT2D eigenvalue weighted by atomic mass is 9.83. The van der Waals surface area contributed by atoms with Crippen LogP contribution in [0.2, 0.25) is 0 Å². The van der Waals surface area contributed by atoms with E-state index in [0.29, 0.717) is 12.2 Å². The van der Waals surface area contributed by atoms with Crippen LogP contribution in [0.1, 0.15) is 50.1 Å². The fourth-order valence-corrected chi connectivity index (χ4v) is 5.65. The molecule has 3 heterocycles. The minimum Gasteiger partial charge on any atom is -0.358 e. The molecule has 5 rings (SSSR count). The van der Waals surface area contributed by atoms with Crippen LogP contribution in [0, 0.1) is 5.82 Å². The highest BCUT2D eigenvalue weighted by Gasteiger charge is 2.41. The van der Waals surface area contributed by atoms with Crippen LogP contribution in [-0.4, -0.2) is 64.6 Å². The fraction of sp³-hybridized carbons (Fsp3) is 0.480. The Kier molecular flexibility index (Phi) is 6.44. The number of ketones is 1. The molecule has 0 saturated heterocycles. The molecule has 0 aromatic carbocycles. The summed E-state index contributed by atoms with van der Waals surface area (Å²) in [6, 6.07) is 2.87. The van der Waals surface area contributed by atoms with Crippen molar-refractivity contribution < 1.29 is 9.18 Å². The van der Waals surface area contributed by atoms with Crippen LogP contribution in [-0.2, 0) is 4.79 Å². The molecule has 1 fully saturated rings. The molecule has 4 aliphatic rings. The molecule has 34 heavy (non-hydrogen) atoms. The van der Waals surface area contributed by atoms with Gasteiger partial charge in [0.1, 0.15) is 24.0 Å². The summed E-state index contributed by atoms with van der Waals surface area (Å²) >= 11 is 6.34. The van der Waals surface area contributed by atoms with Crippen molar-refractivity contribution in [2.24, 2.45) is 5.10 Å². The molecule has 180 valence electrons. The lowest BCUT2D eigenvalue weighted by molar-refractivity contribution is -0.122. The summed E-state index contributed by atoms with van der Waals surface area (Å²) in [6.07, 6.45) is 12.2. The first kappa shape index (κ1) is 23.1. The highest BCUT2D eigenvalue weighted by Crippen LogP contribution is 2.40. The molecule has 2 aliphatic heterocycles. The summed E-state index contributed by atoms with van der Waals surface area (Å²) in [4.78, 5) is 21.6. The second-order valence-electron chi connectivity index (χ2n) is 9.64. The first-order valence-electron chi connectivity index (χ1n) is 11.9. The number of aromatic nitrogens is 1. The number of hydrogen-bond donors (Lipinski definition) is 1. The Morgan fingerprint density at radius 3 is 2.79 bits per heavy atom. The topological polar surface area (TPSA) is 64.1 Å². The van der Waals surface area contributed by atoms with Crippen LogP contribution in [0.3, 0.4) is 0 Å². The van der Waals surface area contributed by atoms with E-state index in [1.807, 2.05) is 41.2 Å². The van der Waals surface area contributed by atoms with Gasteiger partial charge in [0.15, 0.2) is 5.78 Å². The molecular weight excluding hydrogens is 455 g/mol. The summed E-state index contributed by atoms with van der Waals surface area (Å²) < 4.78 is 14.2. The average molecular weight is 485 g/mol. The van der Waals surface area contributed by atoms with E-state index in [-0.39, 0.29) is 23.6 Å². The molecular formula is C25H30ClFN6O. The maximum atomic E-state index is 14.2. The van der Waals surface area contributed by atoms with Gasteiger partial charge >= 0.3 is 0 Å². The first-order chi connectivity index (χ1) is 16.4. The Morgan fingerprint density at radius 2 is 2.06 bits per heavy atom. The summed E-state index contributed by atoms with van der Waals surface area (Å²) in [5, 5.41) is 10.9. The zero-order valence-electron chi connectivity index (χ0n) is 19.5. The minimum atomic E-state index is -0.424. The van der Waals surface area contributed by atoms with Crippen molar-refractivity contribution in [1.29, 1.82) is 0 Å². The molecule has 1 atom stereocenters. The van der Waals surface area contributed by atoms with E-state index < -0.39 is 6.04 Å². The third-order valence-electron chi connectivity index (χ3n) is 7.04. The molecule has 0 radical (unpaired) electrons. The molecule has 0 spiro atoms. The number of Topliss-reactive ketones (excluding diaryl/α,β-unsaturated/α-hetero) is 1. The first-order valence-corrected chi connectivity index (χ1v) is 12.3. The van der Waals surface area contributed by atoms with Crippen molar-refractivity contribution >= 4 is 23.7 Å². The molecule has 7 nitrogen and oxygen atoms in total. The fourth-order valence-electron chi connectivity index (χ4n) is 5.45. The van der Waals surface area contributed by atoms with Gasteiger partial charge < -0.3 is 10.2 Å². The van der Waals surface area contributed by atoms with Crippen molar-refractivity contribution in [3.63, 3.8) is 0 Å². The zero-order valence-corrected chi connectivity index (χ0v) is 20.3. The summed E-state index contributed by atoms with van der Waals surface area (Å²) in [5.74, 6) is 0.888.